The summed E-state index contributed by atoms with van der Waals surface area (Å²) in [4.78, 5) is 28.2. The van der Waals surface area contributed by atoms with Gasteiger partial charge in [-0.05, 0) is 0 Å². The Morgan fingerprint density at radius 3 is 2.76 bits per heavy atom. The van der Waals surface area contributed by atoms with E-state index in [1.165, 1.54) is 34.4 Å². The van der Waals surface area contributed by atoms with Crippen LogP contribution in [0.15, 0.2) is 56.8 Å². The van der Waals surface area contributed by atoms with Crippen molar-refractivity contribution in [3.63, 3.8) is 0 Å². The molecule has 0 aliphatic carbocycles. The molecule has 12 heteroatoms. The number of hydrogen-bond donors (Lipinski definition) is 2. The van der Waals surface area contributed by atoms with Crippen molar-refractivity contribution in [2.75, 3.05) is 16.4 Å². The zero-order chi connectivity index (χ0) is 20.1. The van der Waals surface area contributed by atoms with Gasteiger partial charge < -0.3 is 9.84 Å². The molecule has 0 fully saturated rings. The number of nitrogens with zero attached hydrogens (tertiary/aromatic N) is 4. The molecule has 2 amide bonds. The number of thiazole rings is 1. The van der Waals surface area contributed by atoms with E-state index < -0.39 is 5.91 Å². The second kappa shape index (κ2) is 8.94. The molecule has 0 spiro atoms. The molecule has 4 rings (SSSR count). The molecular weight excluding hydrogens is 432 g/mol. The van der Waals surface area contributed by atoms with E-state index in [9.17, 15) is 9.59 Å². The van der Waals surface area contributed by atoms with Gasteiger partial charge in [0.1, 0.15) is 0 Å². The largest absolute Gasteiger partial charge is 0.355 e. The third-order valence-electron chi connectivity index (χ3n) is 3.43. The molecule has 0 saturated carbocycles. The number of hydrogen-bond acceptors (Lipinski definition) is 10. The maximum atomic E-state index is 12.3. The van der Waals surface area contributed by atoms with E-state index in [2.05, 4.69) is 31.0 Å². The van der Waals surface area contributed by atoms with Crippen molar-refractivity contribution in [2.24, 2.45) is 0 Å². The number of amides is 2. The van der Waals surface area contributed by atoms with E-state index >= 15 is 0 Å². The van der Waals surface area contributed by atoms with Crippen molar-refractivity contribution < 1.29 is 14.1 Å². The monoisotopic (exact) mass is 444 g/mol. The smallest absolute Gasteiger partial charge is 0.279 e. The summed E-state index contributed by atoms with van der Waals surface area (Å²) < 4.78 is 5.78. The van der Waals surface area contributed by atoms with Crippen LogP contribution in [0.4, 0.5) is 10.3 Å². The molecule has 0 bridgehead atoms. The summed E-state index contributed by atoms with van der Waals surface area (Å²) in [6, 6.07) is 10.9. The maximum Gasteiger partial charge on any atom is 0.279 e. The quantitative estimate of drug-likeness (QED) is 0.327. The normalized spacial score (nSPS) is 10.6. The van der Waals surface area contributed by atoms with Crippen LogP contribution < -0.4 is 10.6 Å². The summed E-state index contributed by atoms with van der Waals surface area (Å²) in [5.41, 5.74) is 0.959. The first kappa shape index (κ1) is 19.2. The molecule has 0 saturated heterocycles. The van der Waals surface area contributed by atoms with E-state index in [1.807, 2.05) is 30.3 Å². The molecular formula is C17H12N6O3S3. The third-order valence-corrected chi connectivity index (χ3v) is 6.09. The molecule has 0 aliphatic heterocycles. The van der Waals surface area contributed by atoms with Crippen molar-refractivity contribution >= 4 is 56.5 Å². The second-order valence-electron chi connectivity index (χ2n) is 5.44. The number of carbonyl (C=O) groups is 2. The van der Waals surface area contributed by atoms with Crippen molar-refractivity contribution in [1.29, 1.82) is 0 Å². The Hall–Kier alpha value is -3.09. The van der Waals surface area contributed by atoms with Crippen molar-refractivity contribution in [3.8, 4) is 11.3 Å². The molecule has 0 atom stereocenters. The second-order valence-corrected chi connectivity index (χ2v) is 8.54. The zero-order valence-electron chi connectivity index (χ0n) is 14.6. The fourth-order valence-electron chi connectivity index (χ4n) is 2.17. The van der Waals surface area contributed by atoms with Crippen LogP contribution >= 0.6 is 34.4 Å². The fraction of sp³-hybridized carbons (Fsp3) is 0.0588. The number of thioether (sulfide) groups is 1. The molecule has 3 aromatic heterocycles. The van der Waals surface area contributed by atoms with Gasteiger partial charge in [-0.1, -0.05) is 58.6 Å². The fourth-order valence-corrected chi connectivity index (χ4v) is 4.26. The van der Waals surface area contributed by atoms with Crippen LogP contribution in [0, 0.1) is 0 Å². The topological polar surface area (TPSA) is 123 Å². The van der Waals surface area contributed by atoms with E-state index in [1.54, 1.807) is 17.6 Å². The standard InChI is InChI=1S/C17H12N6O3S3/c24-13(19-15-18-6-7-27-15)9-28-17-22-21-16(29-17)20-14(25)11-8-12(26-23-11)10-4-2-1-3-5-10/h1-8H,9H2,(H,18,19,24)(H,20,21,25). The molecule has 146 valence electrons. The van der Waals surface area contributed by atoms with Gasteiger partial charge in [-0.3, -0.25) is 14.9 Å². The van der Waals surface area contributed by atoms with E-state index in [-0.39, 0.29) is 17.4 Å². The predicted molar refractivity (Wildman–Crippen MR) is 111 cm³/mol. The van der Waals surface area contributed by atoms with Gasteiger partial charge in [0.15, 0.2) is 20.9 Å². The van der Waals surface area contributed by atoms with Gasteiger partial charge in [0.25, 0.3) is 5.91 Å². The van der Waals surface area contributed by atoms with Crippen LogP contribution in [0.5, 0.6) is 0 Å². The Bertz CT molecular complexity index is 1110. The van der Waals surface area contributed by atoms with Gasteiger partial charge in [-0.25, -0.2) is 4.98 Å². The van der Waals surface area contributed by atoms with Gasteiger partial charge in [-0.15, -0.1) is 21.5 Å². The molecule has 0 aliphatic rings. The summed E-state index contributed by atoms with van der Waals surface area (Å²) >= 11 is 3.73. The molecule has 9 nitrogen and oxygen atoms in total. The summed E-state index contributed by atoms with van der Waals surface area (Å²) in [6.45, 7) is 0. The summed E-state index contributed by atoms with van der Waals surface area (Å²) in [5, 5.41) is 19.6. The highest BCUT2D eigenvalue weighted by molar-refractivity contribution is 8.01. The summed E-state index contributed by atoms with van der Waals surface area (Å²) in [6.07, 6.45) is 1.62. The molecule has 4 aromatic rings. The Morgan fingerprint density at radius 2 is 1.97 bits per heavy atom. The van der Waals surface area contributed by atoms with Crippen LogP contribution in [0.3, 0.4) is 0 Å². The van der Waals surface area contributed by atoms with Crippen LogP contribution in [0.25, 0.3) is 11.3 Å². The minimum absolute atomic E-state index is 0.135. The highest BCUT2D eigenvalue weighted by atomic mass is 32.2. The van der Waals surface area contributed by atoms with E-state index in [4.69, 9.17) is 4.52 Å². The Morgan fingerprint density at radius 1 is 1.10 bits per heavy atom. The number of carbonyl (C=O) groups excluding carboxylic acids is 2. The molecule has 0 radical (unpaired) electrons. The highest BCUT2D eigenvalue weighted by Gasteiger charge is 2.16. The minimum atomic E-state index is -0.454. The van der Waals surface area contributed by atoms with Crippen molar-refractivity contribution in [2.45, 2.75) is 4.34 Å². The van der Waals surface area contributed by atoms with Crippen LogP contribution in [0.2, 0.25) is 0 Å². The Balaban J connectivity index is 1.31. The summed E-state index contributed by atoms with van der Waals surface area (Å²) in [5.74, 6) is 0.00807. The van der Waals surface area contributed by atoms with Crippen LogP contribution in [0.1, 0.15) is 10.5 Å². The van der Waals surface area contributed by atoms with Crippen LogP contribution in [-0.2, 0) is 4.79 Å². The molecule has 0 unspecified atom stereocenters. The van der Waals surface area contributed by atoms with Gasteiger partial charge in [0.05, 0.1) is 5.75 Å². The van der Waals surface area contributed by atoms with E-state index in [0.29, 0.717) is 20.4 Å². The van der Waals surface area contributed by atoms with Crippen molar-refractivity contribution in [1.82, 2.24) is 20.3 Å². The minimum Gasteiger partial charge on any atom is -0.355 e. The summed E-state index contributed by atoms with van der Waals surface area (Å²) in [7, 11) is 0. The highest BCUT2D eigenvalue weighted by Crippen LogP contribution is 2.26. The first-order chi connectivity index (χ1) is 14.2. The zero-order valence-corrected chi connectivity index (χ0v) is 17.0. The average molecular weight is 445 g/mol. The predicted octanol–water partition coefficient (Wildman–Crippen LogP) is 3.63. The number of anilines is 2. The van der Waals surface area contributed by atoms with Gasteiger partial charge in [0.2, 0.25) is 11.0 Å². The molecule has 2 N–H and O–H groups in total. The van der Waals surface area contributed by atoms with Crippen LogP contribution in [-0.4, -0.2) is 37.9 Å². The number of aromatic nitrogens is 4. The van der Waals surface area contributed by atoms with Gasteiger partial charge in [-0.2, -0.15) is 0 Å². The first-order valence-corrected chi connectivity index (χ1v) is 10.8. The maximum absolute atomic E-state index is 12.3. The first-order valence-electron chi connectivity index (χ1n) is 8.16. The molecule has 3 heterocycles. The van der Waals surface area contributed by atoms with Gasteiger partial charge >= 0.3 is 0 Å². The third kappa shape index (κ3) is 5.04. The lowest BCUT2D eigenvalue weighted by atomic mass is 10.1. The van der Waals surface area contributed by atoms with Gasteiger partial charge in [0, 0.05) is 23.2 Å². The Labute approximate surface area is 176 Å². The van der Waals surface area contributed by atoms with Crippen molar-refractivity contribution in [3.05, 3.63) is 53.7 Å². The number of benzene rings is 1. The Kier molecular flexibility index (Phi) is 5.93. The average Bonchev–Trinajstić information content (AvgIpc) is 3.49. The lowest BCUT2D eigenvalue weighted by Crippen LogP contribution is -2.13. The SMILES string of the molecule is O=C(CSc1nnc(NC(=O)c2cc(-c3ccccc3)on2)s1)Nc1nccs1. The lowest BCUT2D eigenvalue weighted by molar-refractivity contribution is -0.113. The molecule has 29 heavy (non-hydrogen) atoms. The molecule has 1 aromatic carbocycles. The number of rotatable bonds is 7. The number of nitrogens with one attached hydrogen (secondary N) is 2. The lowest BCUT2D eigenvalue weighted by Gasteiger charge is -1.98. The van der Waals surface area contributed by atoms with E-state index in [0.717, 1.165) is 5.56 Å².